The van der Waals surface area contributed by atoms with Crippen molar-refractivity contribution >= 4 is 40.6 Å². The average Bonchev–Trinajstić information content (AvgIpc) is 2.62. The summed E-state index contributed by atoms with van der Waals surface area (Å²) in [7, 11) is 0. The molecule has 24 heavy (non-hydrogen) atoms. The second kappa shape index (κ2) is 5.78. The largest absolute Gasteiger partial charge is 0.423 e. The Hall–Kier alpha value is -3.21. The normalized spacial score (nSPS) is 12.2. The summed E-state index contributed by atoms with van der Waals surface area (Å²) in [6, 6.07) is 19.9. The third kappa shape index (κ3) is 2.50. The van der Waals surface area contributed by atoms with Crippen molar-refractivity contribution in [1.29, 1.82) is 0 Å². The molecule has 1 aliphatic rings. The molecular weight excluding hydrogens is 299 g/mol. The number of hydrogen-bond acceptors (Lipinski definition) is 4. The van der Waals surface area contributed by atoms with Crippen LogP contribution in [0.15, 0.2) is 73.3 Å². The number of hydrogen-bond donors (Lipinski definition) is 2. The van der Waals surface area contributed by atoms with Crippen LogP contribution in [0.5, 0.6) is 5.75 Å². The van der Waals surface area contributed by atoms with Crippen LogP contribution in [0.3, 0.4) is 0 Å². The predicted octanol–water partition coefficient (Wildman–Crippen LogP) is 3.16. The Labute approximate surface area is 140 Å². The van der Waals surface area contributed by atoms with Crippen molar-refractivity contribution in [2.75, 3.05) is 10.5 Å². The first kappa shape index (κ1) is 14.4. The van der Waals surface area contributed by atoms with Gasteiger partial charge in [0.2, 0.25) is 0 Å². The molecule has 1 heterocycles. The molecule has 0 aromatic heterocycles. The highest BCUT2D eigenvalue weighted by molar-refractivity contribution is 6.80. The van der Waals surface area contributed by atoms with Gasteiger partial charge in [0.25, 0.3) is 0 Å². The van der Waals surface area contributed by atoms with Gasteiger partial charge in [0.05, 0.1) is 0 Å². The molecule has 0 spiro atoms. The van der Waals surface area contributed by atoms with Crippen LogP contribution in [-0.4, -0.2) is 13.0 Å². The highest BCUT2D eigenvalue weighted by atomic mass is 16.5. The van der Waals surface area contributed by atoms with Crippen molar-refractivity contribution in [1.82, 2.24) is 0 Å². The summed E-state index contributed by atoms with van der Waals surface area (Å²) in [5.41, 5.74) is 3.15. The van der Waals surface area contributed by atoms with Gasteiger partial charge in [0.15, 0.2) is 0 Å². The average molecular weight is 314 g/mol. The number of carbonyl (C=O) groups excluding carboxylic acids is 1. The minimum absolute atomic E-state index is 0.104. The highest BCUT2D eigenvalue weighted by Gasteiger charge is 2.25. The van der Waals surface area contributed by atoms with Gasteiger partial charge in [-0.2, -0.15) is 0 Å². The van der Waals surface area contributed by atoms with Gasteiger partial charge in [-0.15, -0.1) is 0 Å². The first-order valence-corrected chi connectivity index (χ1v) is 7.73. The molecule has 0 fully saturated rings. The van der Waals surface area contributed by atoms with E-state index in [2.05, 4.69) is 41.3 Å². The zero-order valence-corrected chi connectivity index (χ0v) is 13.0. The van der Waals surface area contributed by atoms with E-state index in [-0.39, 0.29) is 6.98 Å². The van der Waals surface area contributed by atoms with E-state index in [1.165, 1.54) is 10.8 Å². The van der Waals surface area contributed by atoms with Crippen LogP contribution in [0.25, 0.3) is 10.8 Å². The Kier molecular flexibility index (Phi) is 3.46. The lowest BCUT2D eigenvalue weighted by Gasteiger charge is -2.27. The minimum atomic E-state index is -0.466. The molecule has 0 amide bonds. The highest BCUT2D eigenvalue weighted by Crippen LogP contribution is 2.33. The molecule has 0 unspecified atom stereocenters. The fraction of sp³-hybridized carbons (Fsp3) is 0. The molecule has 2 N–H and O–H groups in total. The number of carbonyl (C=O) groups is 1. The third-order valence-electron chi connectivity index (χ3n) is 4.08. The Morgan fingerprint density at radius 3 is 2.33 bits per heavy atom. The molecule has 5 heteroatoms. The van der Waals surface area contributed by atoms with Gasteiger partial charge < -0.3 is 15.2 Å². The third-order valence-corrected chi connectivity index (χ3v) is 4.08. The van der Waals surface area contributed by atoms with Crippen molar-refractivity contribution in [3.05, 3.63) is 73.3 Å². The van der Waals surface area contributed by atoms with Crippen LogP contribution in [-0.2, 0) is 4.79 Å². The van der Waals surface area contributed by atoms with Gasteiger partial charge in [-0.25, -0.2) is 4.79 Å². The van der Waals surface area contributed by atoms with Gasteiger partial charge in [-0.1, -0.05) is 43.0 Å². The van der Waals surface area contributed by atoms with Crippen LogP contribution in [0, 0.1) is 0 Å². The van der Waals surface area contributed by atoms with Crippen LogP contribution >= 0.6 is 0 Å². The maximum Gasteiger partial charge on any atom is 0.406 e. The second-order valence-electron chi connectivity index (χ2n) is 5.63. The Bertz CT molecular complexity index is 914. The van der Waals surface area contributed by atoms with Crippen LogP contribution in [0.1, 0.15) is 0 Å². The maximum absolute atomic E-state index is 11.4. The van der Waals surface area contributed by atoms with Crippen LogP contribution < -0.4 is 20.7 Å². The number of rotatable bonds is 3. The second-order valence-corrected chi connectivity index (χ2v) is 5.63. The molecule has 4 nitrogen and oxygen atoms in total. The minimum Gasteiger partial charge on any atom is -0.423 e. The Morgan fingerprint density at radius 1 is 1.00 bits per heavy atom. The molecule has 4 rings (SSSR count). The molecule has 0 saturated heterocycles. The lowest BCUT2D eigenvalue weighted by Crippen LogP contribution is -2.47. The van der Waals surface area contributed by atoms with E-state index in [4.69, 9.17) is 4.74 Å². The van der Waals surface area contributed by atoms with Crippen molar-refractivity contribution in [2.24, 2.45) is 0 Å². The van der Waals surface area contributed by atoms with Crippen molar-refractivity contribution in [3.8, 4) is 5.75 Å². The van der Waals surface area contributed by atoms with Crippen LogP contribution in [0.2, 0.25) is 0 Å². The summed E-state index contributed by atoms with van der Waals surface area (Å²) in [6.45, 7) is 3.31. The molecule has 1 aliphatic heterocycles. The SMILES string of the molecule is C=CC(=O)Oc1cccc(B2Nc3cccc4cccc(c34)N2)c1. The Morgan fingerprint density at radius 2 is 1.67 bits per heavy atom. The number of esters is 1. The molecule has 0 atom stereocenters. The van der Waals surface area contributed by atoms with Crippen LogP contribution in [0.4, 0.5) is 11.4 Å². The smallest absolute Gasteiger partial charge is 0.406 e. The summed E-state index contributed by atoms with van der Waals surface area (Å²) in [5, 5.41) is 9.38. The van der Waals surface area contributed by atoms with E-state index >= 15 is 0 Å². The number of ether oxygens (including phenoxy) is 1. The summed E-state index contributed by atoms with van der Waals surface area (Å²) >= 11 is 0. The topological polar surface area (TPSA) is 50.4 Å². The fourth-order valence-corrected chi connectivity index (χ4v) is 3.01. The van der Waals surface area contributed by atoms with E-state index in [0.717, 1.165) is 22.9 Å². The number of nitrogens with one attached hydrogen (secondary N) is 2. The Balaban J connectivity index is 1.69. The molecule has 3 aromatic carbocycles. The predicted molar refractivity (Wildman–Crippen MR) is 98.9 cm³/mol. The van der Waals surface area contributed by atoms with Crippen molar-refractivity contribution in [2.45, 2.75) is 0 Å². The first-order chi connectivity index (χ1) is 11.7. The van der Waals surface area contributed by atoms with Crippen molar-refractivity contribution in [3.63, 3.8) is 0 Å². The molecule has 0 radical (unpaired) electrons. The zero-order chi connectivity index (χ0) is 16.5. The quantitative estimate of drug-likeness (QED) is 0.337. The molecule has 0 bridgehead atoms. The molecule has 116 valence electrons. The first-order valence-electron chi connectivity index (χ1n) is 7.73. The van der Waals surface area contributed by atoms with E-state index in [1.807, 2.05) is 30.3 Å². The fourth-order valence-electron chi connectivity index (χ4n) is 3.01. The van der Waals surface area contributed by atoms with Crippen molar-refractivity contribution < 1.29 is 9.53 Å². The monoisotopic (exact) mass is 314 g/mol. The molecule has 0 saturated carbocycles. The molecule has 0 aliphatic carbocycles. The van der Waals surface area contributed by atoms with Gasteiger partial charge in [-0.3, -0.25) is 0 Å². The zero-order valence-electron chi connectivity index (χ0n) is 13.0. The standard InChI is InChI=1S/C19H15BN2O2/c1-2-18(23)24-15-9-5-8-14(12-15)20-21-16-10-3-6-13-7-4-11-17(22-20)19(13)16/h2-12,21-22H,1H2. The van der Waals surface area contributed by atoms with E-state index in [0.29, 0.717) is 5.75 Å². The molecular formula is C19H15BN2O2. The van der Waals surface area contributed by atoms with Gasteiger partial charge in [0, 0.05) is 22.8 Å². The summed E-state index contributed by atoms with van der Waals surface area (Å²) in [5.74, 6) is 0.0323. The maximum atomic E-state index is 11.4. The van der Waals surface area contributed by atoms with Gasteiger partial charge in [0.1, 0.15) is 5.75 Å². The lowest BCUT2D eigenvalue weighted by molar-refractivity contribution is -0.128. The van der Waals surface area contributed by atoms with E-state index < -0.39 is 5.97 Å². The lowest BCUT2D eigenvalue weighted by atomic mass is 9.66. The molecule has 3 aromatic rings. The van der Waals surface area contributed by atoms with Gasteiger partial charge >= 0.3 is 13.0 Å². The van der Waals surface area contributed by atoms with E-state index in [1.54, 1.807) is 6.07 Å². The summed E-state index contributed by atoms with van der Waals surface area (Å²) in [4.78, 5) is 11.4. The summed E-state index contributed by atoms with van der Waals surface area (Å²) in [6.07, 6.45) is 1.15. The summed E-state index contributed by atoms with van der Waals surface area (Å²) < 4.78 is 5.21. The van der Waals surface area contributed by atoms with E-state index in [9.17, 15) is 4.79 Å². The van der Waals surface area contributed by atoms with Gasteiger partial charge in [-0.05, 0) is 35.1 Å². The number of anilines is 2. The number of benzene rings is 3.